The predicted molar refractivity (Wildman–Crippen MR) is 62.6 cm³/mol. The lowest BCUT2D eigenvalue weighted by Crippen LogP contribution is -2.26. The molecule has 3 heteroatoms. The van der Waals surface area contributed by atoms with E-state index in [2.05, 4.69) is 0 Å². The molecule has 1 fully saturated rings. The van der Waals surface area contributed by atoms with E-state index >= 15 is 0 Å². The molecule has 16 heavy (non-hydrogen) atoms. The summed E-state index contributed by atoms with van der Waals surface area (Å²) in [5.41, 5.74) is 7.50. The Balaban J connectivity index is 2.12. The number of hydrogen-bond acceptors (Lipinski definition) is 3. The molecule has 2 N–H and O–H groups in total. The fraction of sp³-hybridized carbons (Fsp3) is 0.462. The molecule has 0 amide bonds. The Morgan fingerprint density at radius 2 is 2.12 bits per heavy atom. The van der Waals surface area contributed by atoms with Crippen LogP contribution in [0.4, 0.5) is 0 Å². The van der Waals surface area contributed by atoms with Crippen LogP contribution >= 0.6 is 0 Å². The van der Waals surface area contributed by atoms with Gasteiger partial charge in [0.1, 0.15) is 0 Å². The minimum atomic E-state index is -0.430. The van der Waals surface area contributed by atoms with Crippen molar-refractivity contribution in [2.75, 3.05) is 13.2 Å². The Hall–Kier alpha value is -1.19. The third-order valence-electron chi connectivity index (χ3n) is 3.01. The van der Waals surface area contributed by atoms with Gasteiger partial charge in [0.15, 0.2) is 5.78 Å². The van der Waals surface area contributed by atoms with Gasteiger partial charge in [-0.05, 0) is 18.9 Å². The summed E-state index contributed by atoms with van der Waals surface area (Å²) in [5, 5.41) is 0. The van der Waals surface area contributed by atoms with Crippen molar-refractivity contribution in [1.82, 2.24) is 0 Å². The van der Waals surface area contributed by atoms with Crippen molar-refractivity contribution >= 4 is 5.78 Å². The maximum atomic E-state index is 11.6. The van der Waals surface area contributed by atoms with E-state index in [1.807, 2.05) is 24.3 Å². The smallest absolute Gasteiger partial charge is 0.179 e. The summed E-state index contributed by atoms with van der Waals surface area (Å²) in [5.74, 6) is 0.480. The van der Waals surface area contributed by atoms with E-state index in [0.29, 0.717) is 11.5 Å². The molecule has 2 atom stereocenters. The summed E-state index contributed by atoms with van der Waals surface area (Å²) in [6.07, 6.45) is 1.07. The minimum Gasteiger partial charge on any atom is -0.381 e. The number of Topliss-reactive ketones (excluding diaryl/α,β-unsaturated/α-hetero) is 1. The van der Waals surface area contributed by atoms with Crippen LogP contribution in [0.5, 0.6) is 0 Å². The lowest BCUT2D eigenvalue weighted by molar-refractivity contribution is 0.0968. The maximum absolute atomic E-state index is 11.6. The first kappa shape index (κ1) is 11.3. The fourth-order valence-electron chi connectivity index (χ4n) is 1.98. The van der Waals surface area contributed by atoms with Crippen molar-refractivity contribution in [2.45, 2.75) is 25.3 Å². The summed E-state index contributed by atoms with van der Waals surface area (Å²) >= 11 is 0. The number of rotatable bonds is 3. The number of hydrogen-bond donors (Lipinski definition) is 1. The van der Waals surface area contributed by atoms with E-state index in [9.17, 15) is 4.79 Å². The van der Waals surface area contributed by atoms with Crippen molar-refractivity contribution < 1.29 is 9.53 Å². The van der Waals surface area contributed by atoms with Gasteiger partial charge in [0.25, 0.3) is 0 Å². The fourth-order valence-corrected chi connectivity index (χ4v) is 1.98. The van der Waals surface area contributed by atoms with Crippen LogP contribution in [0.25, 0.3) is 0 Å². The Labute approximate surface area is 95.6 Å². The van der Waals surface area contributed by atoms with Crippen LogP contribution in [0.15, 0.2) is 24.3 Å². The molecule has 1 aromatic carbocycles. The summed E-state index contributed by atoms with van der Waals surface area (Å²) in [6.45, 7) is 3.34. The largest absolute Gasteiger partial charge is 0.381 e. The molecule has 3 nitrogen and oxygen atoms in total. The van der Waals surface area contributed by atoms with Gasteiger partial charge in [0, 0.05) is 18.1 Å². The van der Waals surface area contributed by atoms with Gasteiger partial charge >= 0.3 is 0 Å². The number of ether oxygens (including phenoxy) is 1. The zero-order valence-electron chi connectivity index (χ0n) is 9.48. The zero-order chi connectivity index (χ0) is 11.5. The van der Waals surface area contributed by atoms with Crippen molar-refractivity contribution in [3.63, 3.8) is 0 Å². The first-order valence-corrected chi connectivity index (χ1v) is 5.66. The van der Waals surface area contributed by atoms with Crippen LogP contribution in [0, 0.1) is 0 Å². The number of nitrogens with two attached hydrogens (primary N) is 1. The number of carbonyl (C=O) groups is 1. The van der Waals surface area contributed by atoms with Crippen molar-refractivity contribution in [2.24, 2.45) is 5.73 Å². The van der Waals surface area contributed by atoms with Gasteiger partial charge in [-0.15, -0.1) is 0 Å². The second kappa shape index (κ2) is 4.76. The van der Waals surface area contributed by atoms with Crippen LogP contribution in [0.3, 0.4) is 0 Å². The molecule has 2 rings (SSSR count). The highest BCUT2D eigenvalue weighted by atomic mass is 16.5. The van der Waals surface area contributed by atoms with E-state index < -0.39 is 6.04 Å². The van der Waals surface area contributed by atoms with E-state index in [0.717, 1.165) is 19.6 Å². The molecule has 1 saturated heterocycles. The quantitative estimate of drug-likeness (QED) is 0.787. The lowest BCUT2D eigenvalue weighted by Gasteiger charge is -2.09. The summed E-state index contributed by atoms with van der Waals surface area (Å²) in [7, 11) is 0. The molecule has 0 saturated carbocycles. The molecule has 0 aliphatic carbocycles. The van der Waals surface area contributed by atoms with Crippen LogP contribution in [-0.2, 0) is 4.74 Å². The summed E-state index contributed by atoms with van der Waals surface area (Å²) in [6, 6.07) is 7.31. The maximum Gasteiger partial charge on any atom is 0.179 e. The highest BCUT2D eigenvalue weighted by molar-refractivity contribution is 5.99. The van der Waals surface area contributed by atoms with Crippen LogP contribution < -0.4 is 5.73 Å². The normalized spacial score (nSPS) is 22.0. The first-order chi connectivity index (χ1) is 7.68. The van der Waals surface area contributed by atoms with Gasteiger partial charge in [-0.1, -0.05) is 24.3 Å². The highest BCUT2D eigenvalue weighted by Crippen LogP contribution is 2.25. The van der Waals surface area contributed by atoms with Crippen LogP contribution in [0.2, 0.25) is 0 Å². The van der Waals surface area contributed by atoms with Gasteiger partial charge in [0.2, 0.25) is 0 Å². The van der Waals surface area contributed by atoms with Crippen LogP contribution in [0.1, 0.15) is 35.2 Å². The van der Waals surface area contributed by atoms with E-state index in [-0.39, 0.29) is 5.78 Å². The standard InChI is InChI=1S/C13H17NO2/c1-9(14)13(15)11-4-2-10(3-5-11)12-6-7-16-8-12/h2-5,9,12H,6-8,14H2,1H3. The lowest BCUT2D eigenvalue weighted by atomic mass is 9.96. The molecule has 86 valence electrons. The average Bonchev–Trinajstić information content (AvgIpc) is 2.81. The third-order valence-corrected chi connectivity index (χ3v) is 3.01. The molecule has 0 bridgehead atoms. The van der Waals surface area contributed by atoms with Crippen molar-refractivity contribution in [3.8, 4) is 0 Å². The minimum absolute atomic E-state index is 0.00535. The molecule has 1 aromatic rings. The Bertz CT molecular complexity index is 364. The molecule has 0 radical (unpaired) electrons. The molecule has 2 unspecified atom stereocenters. The van der Waals surface area contributed by atoms with Crippen molar-refractivity contribution in [3.05, 3.63) is 35.4 Å². The highest BCUT2D eigenvalue weighted by Gasteiger charge is 2.18. The Morgan fingerprint density at radius 3 is 2.62 bits per heavy atom. The van der Waals surface area contributed by atoms with E-state index in [4.69, 9.17) is 10.5 Å². The number of ketones is 1. The predicted octanol–water partition coefficient (Wildman–Crippen LogP) is 1.72. The zero-order valence-corrected chi connectivity index (χ0v) is 9.48. The summed E-state index contributed by atoms with van der Waals surface area (Å²) in [4.78, 5) is 11.6. The van der Waals surface area contributed by atoms with Gasteiger partial charge in [-0.2, -0.15) is 0 Å². The molecule has 1 aliphatic heterocycles. The van der Waals surface area contributed by atoms with Crippen molar-refractivity contribution in [1.29, 1.82) is 0 Å². The molecule has 0 aromatic heterocycles. The second-order valence-corrected chi connectivity index (χ2v) is 4.34. The molecule has 1 heterocycles. The number of carbonyl (C=O) groups excluding carboxylic acids is 1. The van der Waals surface area contributed by atoms with Gasteiger partial charge in [0.05, 0.1) is 12.6 Å². The van der Waals surface area contributed by atoms with Gasteiger partial charge < -0.3 is 10.5 Å². The SMILES string of the molecule is CC(N)C(=O)c1ccc(C2CCOC2)cc1. The second-order valence-electron chi connectivity index (χ2n) is 4.34. The molecule has 0 spiro atoms. The van der Waals surface area contributed by atoms with E-state index in [1.54, 1.807) is 6.92 Å². The monoisotopic (exact) mass is 219 g/mol. The Morgan fingerprint density at radius 1 is 1.44 bits per heavy atom. The van der Waals surface area contributed by atoms with Gasteiger partial charge in [-0.3, -0.25) is 4.79 Å². The van der Waals surface area contributed by atoms with E-state index in [1.165, 1.54) is 5.56 Å². The summed E-state index contributed by atoms with van der Waals surface area (Å²) < 4.78 is 5.34. The Kier molecular flexibility index (Phi) is 3.36. The third kappa shape index (κ3) is 2.31. The topological polar surface area (TPSA) is 52.3 Å². The molecular weight excluding hydrogens is 202 g/mol. The molecule has 1 aliphatic rings. The molecular formula is C13H17NO2. The van der Waals surface area contributed by atoms with Gasteiger partial charge in [-0.25, -0.2) is 0 Å². The average molecular weight is 219 g/mol. The number of benzene rings is 1. The first-order valence-electron chi connectivity index (χ1n) is 5.66. The van der Waals surface area contributed by atoms with Crippen LogP contribution in [-0.4, -0.2) is 25.0 Å².